The number of hydrogen-bond donors (Lipinski definition) is 0. The highest BCUT2D eigenvalue weighted by Gasteiger charge is 2.27. The van der Waals surface area contributed by atoms with Gasteiger partial charge in [0.1, 0.15) is 37.2 Å². The molecule has 142 valence electrons. The number of nitrogens with zero attached hydrogens (tertiary/aromatic N) is 9. The first kappa shape index (κ1) is 17.6. The Morgan fingerprint density at radius 2 is 1.89 bits per heavy atom. The Balaban J connectivity index is 1.48. The monoisotopic (exact) mass is 367 g/mol. The zero-order valence-corrected chi connectivity index (χ0v) is 16.1. The number of piperidine rings is 1. The molecule has 0 spiro atoms. The maximum Gasteiger partial charge on any atom is 0.154 e. The summed E-state index contributed by atoms with van der Waals surface area (Å²) in [6.45, 7) is 9.66. The molecule has 0 unspecified atom stereocenters. The molecule has 27 heavy (non-hydrogen) atoms. The molecular formula is C18H25N9. The van der Waals surface area contributed by atoms with Gasteiger partial charge in [-0.1, -0.05) is 0 Å². The summed E-state index contributed by atoms with van der Waals surface area (Å²) < 4.78 is 4.00. The van der Waals surface area contributed by atoms with E-state index >= 15 is 0 Å². The minimum atomic E-state index is 0.418. The van der Waals surface area contributed by atoms with Crippen LogP contribution in [0.15, 0.2) is 19.0 Å². The van der Waals surface area contributed by atoms with Gasteiger partial charge in [-0.15, -0.1) is 10.2 Å². The molecular weight excluding hydrogens is 342 g/mol. The minimum absolute atomic E-state index is 0.418. The van der Waals surface area contributed by atoms with E-state index in [1.807, 2.05) is 6.92 Å². The fourth-order valence-corrected chi connectivity index (χ4v) is 3.77. The van der Waals surface area contributed by atoms with Gasteiger partial charge >= 0.3 is 0 Å². The van der Waals surface area contributed by atoms with Crippen molar-refractivity contribution in [3.63, 3.8) is 0 Å². The normalized spacial score (nSPS) is 15.4. The van der Waals surface area contributed by atoms with Crippen molar-refractivity contribution in [3.05, 3.63) is 41.9 Å². The quantitative estimate of drug-likeness (QED) is 0.678. The van der Waals surface area contributed by atoms with Crippen LogP contribution in [0.5, 0.6) is 0 Å². The van der Waals surface area contributed by atoms with Crippen LogP contribution in [-0.2, 0) is 13.1 Å². The SMILES string of the molecule is CCn1c(Cn2cncn2)nnc1C1CCN(c2ncnc(C)c2C)CC1. The fraction of sp³-hybridized carbons (Fsp3) is 0.556. The molecule has 1 aliphatic heterocycles. The maximum absolute atomic E-state index is 4.53. The highest BCUT2D eigenvalue weighted by molar-refractivity contribution is 5.47. The van der Waals surface area contributed by atoms with Crippen molar-refractivity contribution in [2.45, 2.75) is 52.6 Å². The van der Waals surface area contributed by atoms with Crippen LogP contribution in [-0.4, -0.2) is 52.6 Å². The van der Waals surface area contributed by atoms with Crippen molar-refractivity contribution in [3.8, 4) is 0 Å². The van der Waals surface area contributed by atoms with Crippen LogP contribution in [0.3, 0.4) is 0 Å². The molecule has 0 saturated carbocycles. The Kier molecular flexibility index (Phi) is 4.83. The summed E-state index contributed by atoms with van der Waals surface area (Å²) in [4.78, 5) is 15.2. The van der Waals surface area contributed by atoms with Gasteiger partial charge < -0.3 is 9.47 Å². The summed E-state index contributed by atoms with van der Waals surface area (Å²) in [5, 5.41) is 13.1. The average Bonchev–Trinajstić information content (AvgIpc) is 3.34. The van der Waals surface area contributed by atoms with Gasteiger partial charge in [-0.3, -0.25) is 0 Å². The predicted molar refractivity (Wildman–Crippen MR) is 101 cm³/mol. The van der Waals surface area contributed by atoms with Crippen molar-refractivity contribution in [1.82, 2.24) is 39.5 Å². The Hall–Kier alpha value is -2.84. The number of aromatic nitrogens is 8. The Bertz CT molecular complexity index is 892. The number of rotatable bonds is 5. The molecule has 9 heteroatoms. The standard InChI is InChI=1S/C18H25N9/c1-4-27-16(9-26-12-19-10-22-26)23-24-18(27)15-5-7-25(8-6-15)17-13(2)14(3)20-11-21-17/h10-12,15H,4-9H2,1-3H3. The van der Waals surface area contributed by atoms with Crippen LogP contribution in [0.4, 0.5) is 5.82 Å². The van der Waals surface area contributed by atoms with Crippen LogP contribution in [0.2, 0.25) is 0 Å². The largest absolute Gasteiger partial charge is 0.356 e. The lowest BCUT2D eigenvalue weighted by atomic mass is 9.95. The molecule has 9 nitrogen and oxygen atoms in total. The Morgan fingerprint density at radius 1 is 1.07 bits per heavy atom. The van der Waals surface area contributed by atoms with E-state index in [0.717, 1.165) is 55.6 Å². The second kappa shape index (κ2) is 7.42. The minimum Gasteiger partial charge on any atom is -0.356 e. The highest BCUT2D eigenvalue weighted by atomic mass is 15.4. The van der Waals surface area contributed by atoms with Crippen molar-refractivity contribution < 1.29 is 0 Å². The van der Waals surface area contributed by atoms with Crippen LogP contribution < -0.4 is 4.90 Å². The van der Waals surface area contributed by atoms with E-state index in [1.165, 1.54) is 5.56 Å². The summed E-state index contributed by atoms with van der Waals surface area (Å²) in [6.07, 6.45) is 7.00. The van der Waals surface area contributed by atoms with E-state index in [-0.39, 0.29) is 0 Å². The zero-order valence-electron chi connectivity index (χ0n) is 16.1. The van der Waals surface area contributed by atoms with Gasteiger partial charge in [0.2, 0.25) is 0 Å². The van der Waals surface area contributed by atoms with Crippen molar-refractivity contribution in [2.75, 3.05) is 18.0 Å². The van der Waals surface area contributed by atoms with Crippen molar-refractivity contribution >= 4 is 5.82 Å². The van der Waals surface area contributed by atoms with Gasteiger partial charge in [0, 0.05) is 36.8 Å². The first-order chi connectivity index (χ1) is 13.2. The van der Waals surface area contributed by atoms with E-state index in [4.69, 9.17) is 0 Å². The van der Waals surface area contributed by atoms with Gasteiger partial charge in [-0.05, 0) is 33.6 Å². The molecule has 3 aromatic rings. The summed E-state index contributed by atoms with van der Waals surface area (Å²) in [5.41, 5.74) is 2.22. The molecule has 3 aromatic heterocycles. The second-order valence-electron chi connectivity index (χ2n) is 6.98. The van der Waals surface area contributed by atoms with E-state index < -0.39 is 0 Å². The van der Waals surface area contributed by atoms with Gasteiger partial charge in [0.05, 0.1) is 0 Å². The molecule has 0 aliphatic carbocycles. The lowest BCUT2D eigenvalue weighted by Gasteiger charge is -2.33. The molecule has 1 fully saturated rings. The van der Waals surface area contributed by atoms with Crippen LogP contribution in [0, 0.1) is 13.8 Å². The molecule has 1 aliphatic rings. The molecule has 0 atom stereocenters. The third-order valence-corrected chi connectivity index (χ3v) is 5.41. The van der Waals surface area contributed by atoms with E-state index in [1.54, 1.807) is 23.7 Å². The lowest BCUT2D eigenvalue weighted by molar-refractivity contribution is 0.460. The number of anilines is 1. The summed E-state index contributed by atoms with van der Waals surface area (Å²) in [5.74, 6) is 3.50. The summed E-state index contributed by atoms with van der Waals surface area (Å²) in [7, 11) is 0. The van der Waals surface area contributed by atoms with Gasteiger partial charge in [0.25, 0.3) is 0 Å². The van der Waals surface area contributed by atoms with Crippen molar-refractivity contribution in [1.29, 1.82) is 0 Å². The van der Waals surface area contributed by atoms with Gasteiger partial charge in [0.15, 0.2) is 5.82 Å². The van der Waals surface area contributed by atoms with Gasteiger partial charge in [-0.25, -0.2) is 19.6 Å². The third kappa shape index (κ3) is 3.41. The highest BCUT2D eigenvalue weighted by Crippen LogP contribution is 2.30. The van der Waals surface area contributed by atoms with Crippen molar-refractivity contribution in [2.24, 2.45) is 0 Å². The number of hydrogen-bond acceptors (Lipinski definition) is 7. The summed E-state index contributed by atoms with van der Waals surface area (Å²) in [6, 6.07) is 0. The van der Waals surface area contributed by atoms with E-state index in [0.29, 0.717) is 12.5 Å². The zero-order chi connectivity index (χ0) is 18.8. The lowest BCUT2D eigenvalue weighted by Crippen LogP contribution is -2.35. The molecule has 0 N–H and O–H groups in total. The molecule has 0 aromatic carbocycles. The fourth-order valence-electron chi connectivity index (χ4n) is 3.77. The third-order valence-electron chi connectivity index (χ3n) is 5.41. The average molecular weight is 367 g/mol. The first-order valence-corrected chi connectivity index (χ1v) is 9.45. The molecule has 1 saturated heterocycles. The van der Waals surface area contributed by atoms with Crippen LogP contribution in [0.1, 0.15) is 48.6 Å². The first-order valence-electron chi connectivity index (χ1n) is 9.45. The Labute approximate surface area is 158 Å². The number of aryl methyl sites for hydroxylation is 1. The smallest absolute Gasteiger partial charge is 0.154 e. The maximum atomic E-state index is 4.53. The molecule has 4 heterocycles. The second-order valence-corrected chi connectivity index (χ2v) is 6.98. The van der Waals surface area contributed by atoms with E-state index in [2.05, 4.69) is 53.6 Å². The molecule has 4 rings (SSSR count). The molecule has 0 amide bonds. The van der Waals surface area contributed by atoms with Crippen LogP contribution >= 0.6 is 0 Å². The molecule has 0 radical (unpaired) electrons. The van der Waals surface area contributed by atoms with E-state index in [9.17, 15) is 0 Å². The predicted octanol–water partition coefficient (Wildman–Crippen LogP) is 1.73. The molecule has 0 bridgehead atoms. The topological polar surface area (TPSA) is 90.4 Å². The summed E-state index contributed by atoms with van der Waals surface area (Å²) >= 11 is 0. The van der Waals surface area contributed by atoms with Gasteiger partial charge in [-0.2, -0.15) is 5.10 Å². The van der Waals surface area contributed by atoms with Crippen LogP contribution in [0.25, 0.3) is 0 Å². The Morgan fingerprint density at radius 3 is 2.59 bits per heavy atom.